The third-order valence-electron chi connectivity index (χ3n) is 1.71. The summed E-state index contributed by atoms with van der Waals surface area (Å²) in [5.74, 6) is -0.167. The van der Waals surface area contributed by atoms with Crippen molar-refractivity contribution >= 4 is 17.7 Å². The Bertz CT molecular complexity index is 334. The van der Waals surface area contributed by atoms with Crippen LogP contribution in [0.2, 0.25) is 0 Å². The maximum absolute atomic E-state index is 10.7. The van der Waals surface area contributed by atoms with Gasteiger partial charge in [-0.15, -0.1) is 0 Å². The zero-order chi connectivity index (χ0) is 10.7. The van der Waals surface area contributed by atoms with Crippen LogP contribution in [0.4, 0.5) is 0 Å². The van der Waals surface area contributed by atoms with Crippen LogP contribution in [0.5, 0.6) is 0 Å². The minimum absolute atomic E-state index is 0.240. The van der Waals surface area contributed by atoms with Crippen molar-refractivity contribution < 1.29 is 9.90 Å². The molecule has 0 aliphatic carbocycles. The van der Waals surface area contributed by atoms with Crippen LogP contribution < -0.4 is 0 Å². The molecule has 1 aromatic rings. The fourth-order valence-corrected chi connectivity index (χ4v) is 1.69. The molecule has 5 heteroatoms. The number of carbonyl (C=O) groups is 1. The lowest BCUT2D eigenvalue weighted by atomic mass is 10.4. The van der Waals surface area contributed by atoms with Crippen molar-refractivity contribution in [2.45, 2.75) is 24.9 Å². The molecule has 0 saturated heterocycles. The smallest absolute Gasteiger partial charge is 0.354 e. The Labute approximate surface area is 87.3 Å². The van der Waals surface area contributed by atoms with Crippen molar-refractivity contribution in [1.82, 2.24) is 9.78 Å². The average molecular weight is 214 g/mol. The number of aromatic carboxylic acids is 1. The highest BCUT2D eigenvalue weighted by atomic mass is 32.2. The second-order valence-corrected chi connectivity index (χ2v) is 4.87. The Hall–Kier alpha value is -0.970. The Balaban J connectivity index is 2.71. The van der Waals surface area contributed by atoms with Gasteiger partial charge in [0.05, 0.1) is 5.69 Å². The summed E-state index contributed by atoms with van der Waals surface area (Å²) in [5.41, 5.74) is 1.06. The van der Waals surface area contributed by atoms with Crippen LogP contribution in [-0.4, -0.2) is 26.1 Å². The number of nitrogens with zero attached hydrogens (tertiary/aromatic N) is 2. The lowest BCUT2D eigenvalue weighted by Crippen LogP contribution is -2.04. The van der Waals surface area contributed by atoms with E-state index < -0.39 is 5.97 Å². The maximum atomic E-state index is 10.7. The molecule has 1 rings (SSSR count). The fraction of sp³-hybridized carbons (Fsp3) is 0.556. The molecule has 0 aliphatic rings. The zero-order valence-electron chi connectivity index (χ0n) is 8.52. The SMILES string of the molecule is CC(C)SCc1cc(C(=O)O)n(C)n1. The van der Waals surface area contributed by atoms with Gasteiger partial charge >= 0.3 is 5.97 Å². The number of thioether (sulfide) groups is 1. The zero-order valence-corrected chi connectivity index (χ0v) is 9.34. The summed E-state index contributed by atoms with van der Waals surface area (Å²) in [6.45, 7) is 4.21. The maximum Gasteiger partial charge on any atom is 0.354 e. The molecule has 0 unspecified atom stereocenters. The first kappa shape index (κ1) is 11.1. The molecule has 0 bridgehead atoms. The molecule has 0 spiro atoms. The average Bonchev–Trinajstić information content (AvgIpc) is 2.43. The van der Waals surface area contributed by atoms with E-state index in [9.17, 15) is 4.79 Å². The van der Waals surface area contributed by atoms with Crippen molar-refractivity contribution in [3.05, 3.63) is 17.5 Å². The number of carboxylic acids is 1. The van der Waals surface area contributed by atoms with E-state index in [1.165, 1.54) is 4.68 Å². The van der Waals surface area contributed by atoms with Crippen molar-refractivity contribution in [3.63, 3.8) is 0 Å². The van der Waals surface area contributed by atoms with E-state index in [4.69, 9.17) is 5.11 Å². The summed E-state index contributed by atoms with van der Waals surface area (Å²) in [6.07, 6.45) is 0. The molecule has 0 amide bonds. The molecule has 0 fully saturated rings. The second-order valence-electron chi connectivity index (χ2n) is 3.31. The number of aromatic nitrogens is 2. The molecule has 78 valence electrons. The molecule has 0 saturated carbocycles. The Kier molecular flexibility index (Phi) is 3.57. The minimum atomic E-state index is -0.930. The molecule has 1 aromatic heterocycles. The van der Waals surface area contributed by atoms with E-state index in [2.05, 4.69) is 18.9 Å². The molecule has 1 heterocycles. The molecule has 1 N–H and O–H groups in total. The largest absolute Gasteiger partial charge is 0.477 e. The number of carboxylic acid groups (broad SMARTS) is 1. The van der Waals surface area contributed by atoms with Crippen LogP contribution in [-0.2, 0) is 12.8 Å². The summed E-state index contributed by atoms with van der Waals surface area (Å²) in [7, 11) is 1.65. The van der Waals surface area contributed by atoms with E-state index in [-0.39, 0.29) is 5.69 Å². The third-order valence-corrected chi connectivity index (χ3v) is 2.84. The molecule has 0 radical (unpaired) electrons. The molecule has 4 nitrogen and oxygen atoms in total. The monoisotopic (exact) mass is 214 g/mol. The van der Waals surface area contributed by atoms with Crippen molar-refractivity contribution in [1.29, 1.82) is 0 Å². The van der Waals surface area contributed by atoms with E-state index in [1.807, 2.05) is 0 Å². The summed E-state index contributed by atoms with van der Waals surface area (Å²) < 4.78 is 1.40. The van der Waals surface area contributed by atoms with Gasteiger partial charge in [0.1, 0.15) is 5.69 Å². The number of aryl methyl sites for hydroxylation is 1. The van der Waals surface area contributed by atoms with Gasteiger partial charge in [-0.1, -0.05) is 13.8 Å². The fourth-order valence-electron chi connectivity index (χ4n) is 1.05. The van der Waals surface area contributed by atoms with Crippen LogP contribution >= 0.6 is 11.8 Å². The topological polar surface area (TPSA) is 55.1 Å². The van der Waals surface area contributed by atoms with Crippen molar-refractivity contribution in [2.24, 2.45) is 7.05 Å². The van der Waals surface area contributed by atoms with Crippen molar-refractivity contribution in [2.75, 3.05) is 0 Å². The molecule has 0 atom stereocenters. The normalized spacial score (nSPS) is 10.9. The predicted molar refractivity (Wildman–Crippen MR) is 56.6 cm³/mol. The molecule has 14 heavy (non-hydrogen) atoms. The quantitative estimate of drug-likeness (QED) is 0.829. The summed E-state index contributed by atoms with van der Waals surface area (Å²) in [6, 6.07) is 1.62. The number of rotatable bonds is 4. The summed E-state index contributed by atoms with van der Waals surface area (Å²) in [4.78, 5) is 10.7. The number of hydrogen-bond acceptors (Lipinski definition) is 3. The first-order valence-corrected chi connectivity index (χ1v) is 5.43. The predicted octanol–water partition coefficient (Wildman–Crippen LogP) is 1.76. The standard InChI is InChI=1S/C9H14N2O2S/c1-6(2)14-5-7-4-8(9(12)13)11(3)10-7/h4,6H,5H2,1-3H3,(H,12,13). The number of hydrogen-bond donors (Lipinski definition) is 1. The van der Waals surface area contributed by atoms with Gasteiger partial charge in [-0.25, -0.2) is 4.79 Å². The van der Waals surface area contributed by atoms with Crippen LogP contribution in [0.3, 0.4) is 0 Å². The van der Waals surface area contributed by atoms with Crippen LogP contribution in [0.15, 0.2) is 6.07 Å². The molecular formula is C9H14N2O2S. The lowest BCUT2D eigenvalue weighted by molar-refractivity contribution is 0.0685. The van der Waals surface area contributed by atoms with E-state index in [1.54, 1.807) is 24.9 Å². The van der Waals surface area contributed by atoms with Gasteiger partial charge in [-0.05, 0) is 11.3 Å². The third kappa shape index (κ3) is 2.77. The highest BCUT2D eigenvalue weighted by molar-refractivity contribution is 7.99. The summed E-state index contributed by atoms with van der Waals surface area (Å²) >= 11 is 1.75. The van der Waals surface area contributed by atoms with E-state index in [0.29, 0.717) is 5.25 Å². The second kappa shape index (κ2) is 4.50. The van der Waals surface area contributed by atoms with Crippen molar-refractivity contribution in [3.8, 4) is 0 Å². The summed E-state index contributed by atoms with van der Waals surface area (Å²) in [5, 5.41) is 13.4. The molecule has 0 aromatic carbocycles. The highest BCUT2D eigenvalue weighted by Crippen LogP contribution is 2.16. The molecular weight excluding hydrogens is 200 g/mol. The van der Waals surface area contributed by atoms with Gasteiger partial charge in [0, 0.05) is 12.8 Å². The van der Waals surface area contributed by atoms with Gasteiger partial charge < -0.3 is 5.11 Å². The molecule has 0 aliphatic heterocycles. The first-order chi connectivity index (χ1) is 6.50. The van der Waals surface area contributed by atoms with Gasteiger partial charge in [0.2, 0.25) is 0 Å². The van der Waals surface area contributed by atoms with Gasteiger partial charge in [0.25, 0.3) is 0 Å². The lowest BCUT2D eigenvalue weighted by Gasteiger charge is -2.00. The van der Waals surface area contributed by atoms with Crippen LogP contribution in [0.1, 0.15) is 30.0 Å². The van der Waals surface area contributed by atoms with Gasteiger partial charge in [-0.3, -0.25) is 4.68 Å². The van der Waals surface area contributed by atoms with E-state index in [0.717, 1.165) is 11.4 Å². The van der Waals surface area contributed by atoms with Crippen LogP contribution in [0, 0.1) is 0 Å². The Morgan fingerprint density at radius 1 is 1.71 bits per heavy atom. The Morgan fingerprint density at radius 3 is 2.79 bits per heavy atom. The van der Waals surface area contributed by atoms with Gasteiger partial charge in [0.15, 0.2) is 0 Å². The van der Waals surface area contributed by atoms with E-state index >= 15 is 0 Å². The van der Waals surface area contributed by atoms with Crippen LogP contribution in [0.25, 0.3) is 0 Å². The minimum Gasteiger partial charge on any atom is -0.477 e. The highest BCUT2D eigenvalue weighted by Gasteiger charge is 2.11. The first-order valence-electron chi connectivity index (χ1n) is 4.38. The van der Waals surface area contributed by atoms with Gasteiger partial charge in [-0.2, -0.15) is 16.9 Å². The Morgan fingerprint density at radius 2 is 2.36 bits per heavy atom.